The third-order valence-corrected chi connectivity index (χ3v) is 3.49. The van der Waals surface area contributed by atoms with Crippen LogP contribution in [0.5, 0.6) is 0 Å². The third kappa shape index (κ3) is 8.16. The fraction of sp³-hybridized carbons (Fsp3) is 0.929. The molecule has 2 N–H and O–H groups in total. The van der Waals surface area contributed by atoms with Crippen LogP contribution >= 0.6 is 24.0 Å². The van der Waals surface area contributed by atoms with Crippen molar-refractivity contribution in [1.82, 2.24) is 10.6 Å². The van der Waals surface area contributed by atoms with Gasteiger partial charge in [0.05, 0.1) is 0 Å². The maximum atomic E-state index is 4.29. The van der Waals surface area contributed by atoms with E-state index in [0.29, 0.717) is 6.04 Å². The van der Waals surface area contributed by atoms with E-state index in [1.54, 1.807) is 0 Å². The molecule has 0 bridgehead atoms. The normalized spacial score (nSPS) is 17.1. The molecule has 4 heteroatoms. The molecule has 18 heavy (non-hydrogen) atoms. The fourth-order valence-electron chi connectivity index (χ4n) is 2.39. The van der Waals surface area contributed by atoms with Gasteiger partial charge in [0.25, 0.3) is 0 Å². The van der Waals surface area contributed by atoms with Gasteiger partial charge in [-0.1, -0.05) is 45.4 Å². The quantitative estimate of drug-likeness (QED) is 0.325. The van der Waals surface area contributed by atoms with Crippen molar-refractivity contribution in [1.29, 1.82) is 0 Å². The lowest BCUT2D eigenvalue weighted by atomic mass is 9.96. The number of unbranched alkanes of at least 4 members (excludes halogenated alkanes) is 3. The first kappa shape index (κ1) is 18.0. The summed E-state index contributed by atoms with van der Waals surface area (Å²) in [6.07, 6.45) is 12.0. The number of guanidine groups is 1. The Kier molecular flexibility index (Phi) is 12.1. The SMILES string of the molecule is CCCCCCNC(=NC)NC1CCCCC1.I. The van der Waals surface area contributed by atoms with Gasteiger partial charge < -0.3 is 10.6 Å². The minimum Gasteiger partial charge on any atom is -0.356 e. The van der Waals surface area contributed by atoms with E-state index in [1.807, 2.05) is 7.05 Å². The lowest BCUT2D eigenvalue weighted by Gasteiger charge is -2.24. The zero-order valence-electron chi connectivity index (χ0n) is 12.0. The summed E-state index contributed by atoms with van der Waals surface area (Å²) in [7, 11) is 1.87. The lowest BCUT2D eigenvalue weighted by Crippen LogP contribution is -2.44. The lowest BCUT2D eigenvalue weighted by molar-refractivity contribution is 0.410. The first-order valence-corrected chi connectivity index (χ1v) is 7.34. The largest absolute Gasteiger partial charge is 0.356 e. The molecular weight excluding hydrogens is 337 g/mol. The molecule has 1 saturated carbocycles. The first-order chi connectivity index (χ1) is 8.36. The molecule has 0 spiro atoms. The van der Waals surface area contributed by atoms with Crippen LogP contribution in [0.3, 0.4) is 0 Å². The molecule has 0 amide bonds. The van der Waals surface area contributed by atoms with Crippen molar-refractivity contribution >= 4 is 29.9 Å². The van der Waals surface area contributed by atoms with E-state index >= 15 is 0 Å². The van der Waals surface area contributed by atoms with E-state index in [9.17, 15) is 0 Å². The molecular formula is C14H30IN3. The molecule has 1 aliphatic carbocycles. The van der Waals surface area contributed by atoms with Gasteiger partial charge in [-0.25, -0.2) is 0 Å². The van der Waals surface area contributed by atoms with Gasteiger partial charge in [-0.05, 0) is 19.3 Å². The average molecular weight is 367 g/mol. The maximum absolute atomic E-state index is 4.29. The zero-order chi connectivity index (χ0) is 12.3. The van der Waals surface area contributed by atoms with Crippen LogP contribution < -0.4 is 10.6 Å². The molecule has 1 fully saturated rings. The van der Waals surface area contributed by atoms with Crippen LogP contribution in [0.15, 0.2) is 4.99 Å². The predicted octanol–water partition coefficient (Wildman–Crippen LogP) is 3.68. The summed E-state index contributed by atoms with van der Waals surface area (Å²) < 4.78 is 0. The molecule has 1 rings (SSSR count). The Balaban J connectivity index is 0.00000289. The van der Waals surface area contributed by atoms with Crippen LogP contribution in [-0.4, -0.2) is 25.6 Å². The molecule has 0 aliphatic heterocycles. The van der Waals surface area contributed by atoms with E-state index in [4.69, 9.17) is 0 Å². The monoisotopic (exact) mass is 367 g/mol. The molecule has 0 unspecified atom stereocenters. The maximum Gasteiger partial charge on any atom is 0.191 e. The molecule has 0 radical (unpaired) electrons. The van der Waals surface area contributed by atoms with Crippen LogP contribution in [0.2, 0.25) is 0 Å². The molecule has 0 atom stereocenters. The molecule has 3 nitrogen and oxygen atoms in total. The number of nitrogens with one attached hydrogen (secondary N) is 2. The topological polar surface area (TPSA) is 36.4 Å². The predicted molar refractivity (Wildman–Crippen MR) is 90.9 cm³/mol. The highest BCUT2D eigenvalue weighted by atomic mass is 127. The highest BCUT2D eigenvalue weighted by Crippen LogP contribution is 2.17. The van der Waals surface area contributed by atoms with Gasteiger partial charge in [0.2, 0.25) is 0 Å². The Morgan fingerprint density at radius 2 is 1.83 bits per heavy atom. The highest BCUT2D eigenvalue weighted by Gasteiger charge is 2.13. The van der Waals surface area contributed by atoms with E-state index in [0.717, 1.165) is 12.5 Å². The Morgan fingerprint density at radius 3 is 2.44 bits per heavy atom. The van der Waals surface area contributed by atoms with Crippen molar-refractivity contribution in [3.05, 3.63) is 0 Å². The minimum atomic E-state index is 0. The summed E-state index contributed by atoms with van der Waals surface area (Å²) in [5, 5.41) is 6.95. The Bertz CT molecular complexity index is 213. The number of hydrogen-bond acceptors (Lipinski definition) is 1. The highest BCUT2D eigenvalue weighted by molar-refractivity contribution is 14.0. The Hall–Kier alpha value is 0. The molecule has 0 heterocycles. The van der Waals surface area contributed by atoms with Crippen molar-refractivity contribution in [2.45, 2.75) is 70.8 Å². The fourth-order valence-corrected chi connectivity index (χ4v) is 2.39. The first-order valence-electron chi connectivity index (χ1n) is 7.34. The number of hydrogen-bond donors (Lipinski definition) is 2. The van der Waals surface area contributed by atoms with Crippen LogP contribution in [0, 0.1) is 0 Å². The summed E-state index contributed by atoms with van der Waals surface area (Å²) >= 11 is 0. The van der Waals surface area contributed by atoms with E-state index in [2.05, 4.69) is 22.5 Å². The van der Waals surface area contributed by atoms with Gasteiger partial charge in [-0.2, -0.15) is 0 Å². The third-order valence-electron chi connectivity index (χ3n) is 3.49. The second kappa shape index (κ2) is 12.1. The molecule has 108 valence electrons. The Morgan fingerprint density at radius 1 is 1.11 bits per heavy atom. The minimum absolute atomic E-state index is 0. The van der Waals surface area contributed by atoms with Crippen LogP contribution in [0.1, 0.15) is 64.7 Å². The zero-order valence-corrected chi connectivity index (χ0v) is 14.3. The molecule has 0 aromatic carbocycles. The molecule has 0 aromatic rings. The second-order valence-corrected chi connectivity index (χ2v) is 5.04. The van der Waals surface area contributed by atoms with Gasteiger partial charge in [0.15, 0.2) is 5.96 Å². The van der Waals surface area contributed by atoms with Crippen molar-refractivity contribution in [2.24, 2.45) is 4.99 Å². The standard InChI is InChI=1S/C14H29N3.HI/c1-3-4-5-9-12-16-14(15-2)17-13-10-7-6-8-11-13;/h13H,3-12H2,1-2H3,(H2,15,16,17);1H. The van der Waals surface area contributed by atoms with E-state index in [1.165, 1.54) is 57.8 Å². The summed E-state index contributed by atoms with van der Waals surface area (Å²) in [5.41, 5.74) is 0. The van der Waals surface area contributed by atoms with Gasteiger partial charge in [0, 0.05) is 19.6 Å². The van der Waals surface area contributed by atoms with Crippen LogP contribution in [0.4, 0.5) is 0 Å². The van der Waals surface area contributed by atoms with Gasteiger partial charge in [0.1, 0.15) is 0 Å². The van der Waals surface area contributed by atoms with Gasteiger partial charge >= 0.3 is 0 Å². The number of rotatable bonds is 6. The molecule has 0 saturated heterocycles. The van der Waals surface area contributed by atoms with Crippen molar-refractivity contribution < 1.29 is 0 Å². The molecule has 0 aromatic heterocycles. The number of nitrogens with zero attached hydrogens (tertiary/aromatic N) is 1. The van der Waals surface area contributed by atoms with E-state index in [-0.39, 0.29) is 24.0 Å². The van der Waals surface area contributed by atoms with Crippen molar-refractivity contribution in [3.8, 4) is 0 Å². The van der Waals surface area contributed by atoms with Gasteiger partial charge in [-0.3, -0.25) is 4.99 Å². The van der Waals surface area contributed by atoms with Crippen molar-refractivity contribution in [3.63, 3.8) is 0 Å². The number of aliphatic imine (C=N–C) groups is 1. The van der Waals surface area contributed by atoms with E-state index < -0.39 is 0 Å². The summed E-state index contributed by atoms with van der Waals surface area (Å²) in [6.45, 7) is 3.30. The summed E-state index contributed by atoms with van der Waals surface area (Å²) in [5.74, 6) is 0.994. The second-order valence-electron chi connectivity index (χ2n) is 5.04. The summed E-state index contributed by atoms with van der Waals surface area (Å²) in [4.78, 5) is 4.29. The smallest absolute Gasteiger partial charge is 0.191 e. The average Bonchev–Trinajstić information content (AvgIpc) is 2.38. The van der Waals surface area contributed by atoms with Gasteiger partial charge in [-0.15, -0.1) is 24.0 Å². The Labute approximate surface area is 130 Å². The van der Waals surface area contributed by atoms with Crippen LogP contribution in [-0.2, 0) is 0 Å². The molecule has 1 aliphatic rings. The van der Waals surface area contributed by atoms with Crippen LogP contribution in [0.25, 0.3) is 0 Å². The summed E-state index contributed by atoms with van der Waals surface area (Å²) in [6, 6.07) is 0.644. The van der Waals surface area contributed by atoms with Crippen molar-refractivity contribution in [2.75, 3.05) is 13.6 Å². The number of halogens is 1.